The number of benzene rings is 1. The number of aliphatic carboxylic acids is 1. The number of carbonyl (C=O) groups is 2. The summed E-state index contributed by atoms with van der Waals surface area (Å²) >= 11 is 0. The predicted molar refractivity (Wildman–Crippen MR) is 51.4 cm³/mol. The summed E-state index contributed by atoms with van der Waals surface area (Å²) in [6.45, 7) is 0. The molecule has 0 amide bonds. The zero-order valence-corrected chi connectivity index (χ0v) is 8.36. The van der Waals surface area contributed by atoms with E-state index < -0.39 is 29.5 Å². The number of ketones is 1. The first-order chi connectivity index (χ1) is 7.73. The monoisotopic (exact) mass is 247 g/mol. The number of halogens is 3. The second kappa shape index (κ2) is 4.54. The third-order valence-electron chi connectivity index (χ3n) is 2.05. The van der Waals surface area contributed by atoms with Crippen LogP contribution >= 0.6 is 0 Å². The summed E-state index contributed by atoms with van der Waals surface area (Å²) < 4.78 is 36.6. The number of carboxylic acid groups (broad SMARTS) is 1. The molecule has 0 aliphatic heterocycles. The summed E-state index contributed by atoms with van der Waals surface area (Å²) in [5, 5.41) is 8.47. The zero-order chi connectivity index (χ0) is 13.2. The van der Waals surface area contributed by atoms with E-state index in [1.54, 1.807) is 0 Å². The minimum Gasteiger partial charge on any atom is -0.480 e. The summed E-state index contributed by atoms with van der Waals surface area (Å²) in [6.07, 6.45) is -4.50. The van der Waals surface area contributed by atoms with Gasteiger partial charge in [0.05, 0.1) is 5.56 Å². The van der Waals surface area contributed by atoms with Gasteiger partial charge in [0, 0.05) is 5.56 Å². The molecule has 0 heterocycles. The standard InChI is InChI=1S/C10H8F3NO3/c11-10(12,13)6-3-1-5(2-4-6)8(15)7(14)9(16)17/h1-4,7H,14H2,(H,16,17). The van der Waals surface area contributed by atoms with E-state index in [-0.39, 0.29) is 5.56 Å². The summed E-state index contributed by atoms with van der Waals surface area (Å²) in [5.74, 6) is -2.47. The smallest absolute Gasteiger partial charge is 0.416 e. The third-order valence-corrected chi connectivity index (χ3v) is 2.05. The summed E-state index contributed by atoms with van der Waals surface area (Å²) in [6, 6.07) is 1.41. The highest BCUT2D eigenvalue weighted by Crippen LogP contribution is 2.29. The van der Waals surface area contributed by atoms with E-state index in [1.807, 2.05) is 0 Å². The minimum absolute atomic E-state index is 0.173. The van der Waals surface area contributed by atoms with Crippen molar-refractivity contribution in [3.8, 4) is 0 Å². The highest BCUT2D eigenvalue weighted by Gasteiger charge is 2.30. The average Bonchev–Trinajstić information content (AvgIpc) is 2.26. The van der Waals surface area contributed by atoms with Crippen LogP contribution in [0.15, 0.2) is 24.3 Å². The van der Waals surface area contributed by atoms with Crippen LogP contribution in [-0.4, -0.2) is 22.9 Å². The van der Waals surface area contributed by atoms with Gasteiger partial charge in [0.2, 0.25) is 0 Å². The Morgan fingerprint density at radius 1 is 1.18 bits per heavy atom. The van der Waals surface area contributed by atoms with Crippen molar-refractivity contribution in [3.63, 3.8) is 0 Å². The van der Waals surface area contributed by atoms with Gasteiger partial charge in [0.15, 0.2) is 11.8 Å². The largest absolute Gasteiger partial charge is 0.480 e. The van der Waals surface area contributed by atoms with E-state index in [0.29, 0.717) is 12.1 Å². The summed E-state index contributed by atoms with van der Waals surface area (Å²) in [4.78, 5) is 21.8. The SMILES string of the molecule is NC(C(=O)O)C(=O)c1ccc(C(F)(F)F)cc1. The Hall–Kier alpha value is -1.89. The Morgan fingerprint density at radius 3 is 2.00 bits per heavy atom. The maximum atomic E-state index is 12.2. The maximum Gasteiger partial charge on any atom is 0.416 e. The van der Waals surface area contributed by atoms with E-state index in [1.165, 1.54) is 0 Å². The van der Waals surface area contributed by atoms with Crippen LogP contribution in [-0.2, 0) is 11.0 Å². The van der Waals surface area contributed by atoms with Gasteiger partial charge in [-0.25, -0.2) is 0 Å². The van der Waals surface area contributed by atoms with Gasteiger partial charge in [-0.1, -0.05) is 12.1 Å². The molecular weight excluding hydrogens is 239 g/mol. The van der Waals surface area contributed by atoms with Crippen LogP contribution in [0.5, 0.6) is 0 Å². The minimum atomic E-state index is -4.50. The number of carbonyl (C=O) groups excluding carboxylic acids is 1. The first kappa shape index (κ1) is 13.2. The summed E-state index contributed by atoms with van der Waals surface area (Å²) in [7, 11) is 0. The number of alkyl halides is 3. The quantitative estimate of drug-likeness (QED) is 0.623. The molecule has 0 radical (unpaired) electrons. The van der Waals surface area contributed by atoms with Crippen molar-refractivity contribution in [3.05, 3.63) is 35.4 Å². The van der Waals surface area contributed by atoms with Crippen LogP contribution in [0.3, 0.4) is 0 Å². The van der Waals surface area contributed by atoms with Crippen molar-refractivity contribution in [1.82, 2.24) is 0 Å². The molecule has 3 N–H and O–H groups in total. The van der Waals surface area contributed by atoms with Crippen molar-refractivity contribution in [1.29, 1.82) is 0 Å². The van der Waals surface area contributed by atoms with Gasteiger partial charge in [0.1, 0.15) is 0 Å². The van der Waals surface area contributed by atoms with Gasteiger partial charge >= 0.3 is 12.1 Å². The van der Waals surface area contributed by atoms with Crippen molar-refractivity contribution >= 4 is 11.8 Å². The molecule has 1 rings (SSSR count). The molecule has 1 atom stereocenters. The number of rotatable bonds is 3. The molecule has 0 fully saturated rings. The van der Waals surface area contributed by atoms with Gasteiger partial charge in [-0.2, -0.15) is 13.2 Å². The Bertz CT molecular complexity index is 439. The lowest BCUT2D eigenvalue weighted by Crippen LogP contribution is -2.38. The van der Waals surface area contributed by atoms with Crippen LogP contribution < -0.4 is 5.73 Å². The van der Waals surface area contributed by atoms with E-state index in [4.69, 9.17) is 10.8 Å². The van der Waals surface area contributed by atoms with E-state index in [0.717, 1.165) is 12.1 Å². The van der Waals surface area contributed by atoms with Crippen LogP contribution in [0.4, 0.5) is 13.2 Å². The molecular formula is C10H8F3NO3. The Kier molecular flexibility index (Phi) is 3.52. The van der Waals surface area contributed by atoms with Gasteiger partial charge in [-0.3, -0.25) is 9.59 Å². The Balaban J connectivity index is 2.96. The first-order valence-electron chi connectivity index (χ1n) is 4.43. The highest BCUT2D eigenvalue weighted by molar-refractivity contribution is 6.11. The Morgan fingerprint density at radius 2 is 1.65 bits per heavy atom. The lowest BCUT2D eigenvalue weighted by Gasteiger charge is -2.08. The molecule has 17 heavy (non-hydrogen) atoms. The van der Waals surface area contributed by atoms with Gasteiger partial charge in [-0.05, 0) is 12.1 Å². The van der Waals surface area contributed by atoms with Crippen LogP contribution in [0.1, 0.15) is 15.9 Å². The number of hydrogen-bond acceptors (Lipinski definition) is 3. The molecule has 1 unspecified atom stereocenters. The zero-order valence-electron chi connectivity index (χ0n) is 8.36. The molecule has 0 saturated heterocycles. The van der Waals surface area contributed by atoms with Crippen LogP contribution in [0, 0.1) is 0 Å². The fourth-order valence-electron chi connectivity index (χ4n) is 1.12. The summed E-state index contributed by atoms with van der Waals surface area (Å²) in [5.41, 5.74) is 3.95. The molecule has 0 aliphatic rings. The molecule has 0 spiro atoms. The van der Waals surface area contributed by atoms with Gasteiger partial charge in [-0.15, -0.1) is 0 Å². The number of hydrogen-bond donors (Lipinski definition) is 2. The van der Waals surface area contributed by atoms with E-state index in [2.05, 4.69) is 0 Å². The fourth-order valence-corrected chi connectivity index (χ4v) is 1.12. The third kappa shape index (κ3) is 3.04. The molecule has 92 valence electrons. The average molecular weight is 247 g/mol. The molecule has 0 aliphatic carbocycles. The normalized spacial score (nSPS) is 13.2. The Labute approximate surface area is 93.8 Å². The van der Waals surface area contributed by atoms with Crippen molar-refractivity contribution in [2.75, 3.05) is 0 Å². The van der Waals surface area contributed by atoms with Gasteiger partial charge < -0.3 is 10.8 Å². The molecule has 0 saturated carbocycles. The molecule has 0 bridgehead atoms. The second-order valence-electron chi connectivity index (χ2n) is 3.26. The topological polar surface area (TPSA) is 80.4 Å². The second-order valence-corrected chi connectivity index (χ2v) is 3.26. The number of carboxylic acids is 1. The van der Waals surface area contributed by atoms with Crippen molar-refractivity contribution in [2.45, 2.75) is 12.2 Å². The molecule has 1 aromatic carbocycles. The predicted octanol–water partition coefficient (Wildman–Crippen LogP) is 1.30. The van der Waals surface area contributed by atoms with Crippen LogP contribution in [0.2, 0.25) is 0 Å². The van der Waals surface area contributed by atoms with Gasteiger partial charge in [0.25, 0.3) is 0 Å². The fraction of sp³-hybridized carbons (Fsp3) is 0.200. The number of nitrogens with two attached hydrogens (primary N) is 1. The molecule has 1 aromatic rings. The lowest BCUT2D eigenvalue weighted by molar-refractivity contribution is -0.138. The molecule has 7 heteroatoms. The lowest BCUT2D eigenvalue weighted by atomic mass is 10.0. The molecule has 4 nitrogen and oxygen atoms in total. The van der Waals surface area contributed by atoms with Crippen LogP contribution in [0.25, 0.3) is 0 Å². The van der Waals surface area contributed by atoms with E-state index in [9.17, 15) is 22.8 Å². The van der Waals surface area contributed by atoms with Crippen molar-refractivity contribution < 1.29 is 27.9 Å². The van der Waals surface area contributed by atoms with E-state index >= 15 is 0 Å². The highest BCUT2D eigenvalue weighted by atomic mass is 19.4. The molecule has 0 aromatic heterocycles. The number of Topliss-reactive ketones (excluding diaryl/α,β-unsaturated/α-hetero) is 1. The van der Waals surface area contributed by atoms with Crippen molar-refractivity contribution in [2.24, 2.45) is 5.73 Å². The maximum absolute atomic E-state index is 12.2. The first-order valence-corrected chi connectivity index (χ1v) is 4.43.